The van der Waals surface area contributed by atoms with Crippen molar-refractivity contribution in [2.45, 2.75) is 20.8 Å². The number of hydrogen-bond donors (Lipinski definition) is 1. The molecule has 0 amide bonds. The van der Waals surface area contributed by atoms with Crippen LogP contribution in [0.4, 0.5) is 0 Å². The highest BCUT2D eigenvalue weighted by molar-refractivity contribution is 8.93. The van der Waals surface area contributed by atoms with Crippen LogP contribution in [0.25, 0.3) is 0 Å². The standard InChI is InChI=1S/C20H38N4O6.BrH/c1-4-28-18(25)15-22-9-7-21-8-10-23(16-19(26)29-5-2)12-14-24(13-11-22)17-20(27)30-6-3;/h21H,4-17H2,1-3H3;1H. The van der Waals surface area contributed by atoms with E-state index in [1.807, 2.05) is 14.7 Å². The topological polar surface area (TPSA) is 101 Å². The van der Waals surface area contributed by atoms with E-state index in [1.165, 1.54) is 0 Å². The van der Waals surface area contributed by atoms with Crippen molar-refractivity contribution >= 4 is 34.9 Å². The molecule has 0 aliphatic carbocycles. The van der Waals surface area contributed by atoms with Crippen LogP contribution < -0.4 is 5.32 Å². The summed E-state index contributed by atoms with van der Waals surface area (Å²) < 4.78 is 15.2. The first kappa shape index (κ1) is 29.7. The van der Waals surface area contributed by atoms with Crippen molar-refractivity contribution in [3.05, 3.63) is 0 Å². The first-order valence-corrected chi connectivity index (χ1v) is 10.8. The van der Waals surface area contributed by atoms with Crippen LogP contribution in [0.1, 0.15) is 20.8 Å². The lowest BCUT2D eigenvalue weighted by atomic mass is 10.3. The van der Waals surface area contributed by atoms with E-state index in [0.717, 1.165) is 0 Å². The molecule has 1 saturated heterocycles. The zero-order valence-corrected chi connectivity index (χ0v) is 20.8. The summed E-state index contributed by atoms with van der Waals surface area (Å²) in [4.78, 5) is 41.9. The maximum Gasteiger partial charge on any atom is 0.320 e. The Bertz CT molecular complexity index is 492. The van der Waals surface area contributed by atoms with Gasteiger partial charge in [0.2, 0.25) is 0 Å². The number of nitrogens with one attached hydrogen (secondary N) is 1. The predicted octanol–water partition coefficient (Wildman–Crippen LogP) is -0.237. The summed E-state index contributed by atoms with van der Waals surface area (Å²) in [5.74, 6) is -0.774. The number of halogens is 1. The lowest BCUT2D eigenvalue weighted by molar-refractivity contribution is -0.146. The van der Waals surface area contributed by atoms with Gasteiger partial charge in [0.05, 0.1) is 39.5 Å². The molecule has 1 heterocycles. The highest BCUT2D eigenvalue weighted by Crippen LogP contribution is 1.99. The van der Waals surface area contributed by atoms with Crippen LogP contribution in [0.5, 0.6) is 0 Å². The van der Waals surface area contributed by atoms with Crippen molar-refractivity contribution in [1.82, 2.24) is 20.0 Å². The minimum atomic E-state index is -0.278. The van der Waals surface area contributed by atoms with Gasteiger partial charge in [-0.2, -0.15) is 0 Å². The van der Waals surface area contributed by atoms with E-state index >= 15 is 0 Å². The molecule has 0 aromatic heterocycles. The van der Waals surface area contributed by atoms with Gasteiger partial charge in [-0.1, -0.05) is 0 Å². The van der Waals surface area contributed by atoms with Gasteiger partial charge < -0.3 is 19.5 Å². The van der Waals surface area contributed by atoms with Gasteiger partial charge in [-0.3, -0.25) is 29.1 Å². The summed E-state index contributed by atoms with van der Waals surface area (Å²) >= 11 is 0. The first-order chi connectivity index (χ1) is 14.5. The molecule has 0 spiro atoms. The number of carbonyl (C=O) groups excluding carboxylic acids is 3. The Hall–Kier alpha value is -1.27. The van der Waals surface area contributed by atoms with Crippen molar-refractivity contribution in [2.75, 3.05) is 91.8 Å². The van der Waals surface area contributed by atoms with Crippen molar-refractivity contribution in [2.24, 2.45) is 0 Å². The van der Waals surface area contributed by atoms with Crippen LogP contribution in [0.2, 0.25) is 0 Å². The van der Waals surface area contributed by atoms with Crippen molar-refractivity contribution in [3.63, 3.8) is 0 Å². The molecule has 1 rings (SSSR count). The minimum absolute atomic E-state index is 0. The summed E-state index contributed by atoms with van der Waals surface area (Å²) in [5, 5.41) is 3.36. The lowest BCUT2D eigenvalue weighted by Crippen LogP contribution is -2.48. The van der Waals surface area contributed by atoms with Gasteiger partial charge in [0.25, 0.3) is 0 Å². The van der Waals surface area contributed by atoms with E-state index in [9.17, 15) is 14.4 Å². The first-order valence-electron chi connectivity index (χ1n) is 10.8. The second-order valence-corrected chi connectivity index (χ2v) is 6.99. The number of rotatable bonds is 9. The fourth-order valence-electron chi connectivity index (χ4n) is 3.14. The molecule has 11 heteroatoms. The predicted molar refractivity (Wildman–Crippen MR) is 122 cm³/mol. The zero-order valence-electron chi connectivity index (χ0n) is 19.1. The molecule has 0 aromatic rings. The number of hydrogen-bond acceptors (Lipinski definition) is 10. The second-order valence-electron chi connectivity index (χ2n) is 6.99. The average molecular weight is 511 g/mol. The number of ether oxygens (including phenoxy) is 3. The molecule has 0 atom stereocenters. The molecule has 1 aliphatic rings. The van der Waals surface area contributed by atoms with Gasteiger partial charge in [0.1, 0.15) is 0 Å². The van der Waals surface area contributed by atoms with Crippen LogP contribution in [-0.2, 0) is 28.6 Å². The zero-order chi connectivity index (χ0) is 22.2. The summed E-state index contributed by atoms with van der Waals surface area (Å²) in [6.07, 6.45) is 0. The molecule has 0 unspecified atom stereocenters. The second kappa shape index (κ2) is 18.3. The molecule has 182 valence electrons. The maximum absolute atomic E-state index is 12.0. The molecular formula is C20H39BrN4O6. The van der Waals surface area contributed by atoms with E-state index in [2.05, 4.69) is 5.32 Å². The Morgan fingerprint density at radius 2 is 0.903 bits per heavy atom. The third kappa shape index (κ3) is 14.4. The molecule has 10 nitrogen and oxygen atoms in total. The van der Waals surface area contributed by atoms with Gasteiger partial charge in [-0.05, 0) is 20.8 Å². The van der Waals surface area contributed by atoms with E-state index in [4.69, 9.17) is 14.2 Å². The largest absolute Gasteiger partial charge is 0.465 e. The highest BCUT2D eigenvalue weighted by Gasteiger charge is 2.19. The van der Waals surface area contributed by atoms with Gasteiger partial charge in [0, 0.05) is 52.4 Å². The third-order valence-electron chi connectivity index (χ3n) is 4.65. The molecule has 0 bridgehead atoms. The number of nitrogens with zero attached hydrogens (tertiary/aromatic N) is 3. The maximum atomic E-state index is 12.0. The third-order valence-corrected chi connectivity index (χ3v) is 4.65. The Morgan fingerprint density at radius 3 is 1.19 bits per heavy atom. The smallest absolute Gasteiger partial charge is 0.320 e. The summed E-state index contributed by atoms with van der Waals surface area (Å²) in [6.45, 7) is 12.3. The molecular weight excluding hydrogens is 472 g/mol. The number of carbonyl (C=O) groups is 3. The summed E-state index contributed by atoms with van der Waals surface area (Å²) in [5.41, 5.74) is 0. The Morgan fingerprint density at radius 1 is 0.613 bits per heavy atom. The normalized spacial score (nSPS) is 17.5. The summed E-state index contributed by atoms with van der Waals surface area (Å²) in [7, 11) is 0. The van der Waals surface area contributed by atoms with Gasteiger partial charge in [0.15, 0.2) is 0 Å². The van der Waals surface area contributed by atoms with E-state index < -0.39 is 0 Å². The molecule has 0 aromatic carbocycles. The number of esters is 3. The molecule has 31 heavy (non-hydrogen) atoms. The van der Waals surface area contributed by atoms with Crippen LogP contribution in [-0.4, -0.2) is 124 Å². The molecule has 1 aliphatic heterocycles. The van der Waals surface area contributed by atoms with Gasteiger partial charge >= 0.3 is 17.9 Å². The minimum Gasteiger partial charge on any atom is -0.465 e. The van der Waals surface area contributed by atoms with Crippen LogP contribution in [0.15, 0.2) is 0 Å². The van der Waals surface area contributed by atoms with Gasteiger partial charge in [-0.15, -0.1) is 17.0 Å². The van der Waals surface area contributed by atoms with Crippen LogP contribution in [0.3, 0.4) is 0 Å². The van der Waals surface area contributed by atoms with E-state index in [-0.39, 0.29) is 54.5 Å². The Labute approximate surface area is 196 Å². The molecule has 0 radical (unpaired) electrons. The van der Waals surface area contributed by atoms with Crippen LogP contribution >= 0.6 is 17.0 Å². The monoisotopic (exact) mass is 510 g/mol. The Balaban J connectivity index is 0.00000900. The van der Waals surface area contributed by atoms with Gasteiger partial charge in [-0.25, -0.2) is 0 Å². The van der Waals surface area contributed by atoms with Crippen molar-refractivity contribution < 1.29 is 28.6 Å². The fraction of sp³-hybridized carbons (Fsp3) is 0.850. The molecule has 0 saturated carbocycles. The van der Waals surface area contributed by atoms with Crippen LogP contribution in [0, 0.1) is 0 Å². The van der Waals surface area contributed by atoms with Crippen molar-refractivity contribution in [3.8, 4) is 0 Å². The highest BCUT2D eigenvalue weighted by atomic mass is 79.9. The quantitative estimate of drug-likeness (QED) is 0.330. The fourth-order valence-corrected chi connectivity index (χ4v) is 3.14. The Kier molecular flexibility index (Phi) is 17.6. The SMILES string of the molecule is Br.CCOC(=O)CN1CCNCCN(CC(=O)OCC)CCN(CC(=O)OCC)CC1. The average Bonchev–Trinajstić information content (AvgIpc) is 2.68. The molecule has 1 N–H and O–H groups in total. The van der Waals surface area contributed by atoms with Crippen molar-refractivity contribution in [1.29, 1.82) is 0 Å². The summed E-state index contributed by atoms with van der Waals surface area (Å²) in [6, 6.07) is 0. The lowest BCUT2D eigenvalue weighted by Gasteiger charge is -2.30. The van der Waals surface area contributed by atoms with E-state index in [1.54, 1.807) is 20.8 Å². The van der Waals surface area contributed by atoms with E-state index in [0.29, 0.717) is 72.2 Å². The molecule has 1 fully saturated rings.